The van der Waals surface area contributed by atoms with Gasteiger partial charge >= 0.3 is 0 Å². The van der Waals surface area contributed by atoms with Crippen molar-refractivity contribution >= 4 is 11.6 Å². The van der Waals surface area contributed by atoms with Crippen molar-refractivity contribution in [2.24, 2.45) is 5.92 Å². The Bertz CT molecular complexity index is 839. The van der Waals surface area contributed by atoms with Crippen LogP contribution < -0.4 is 0 Å². The molecule has 2 heteroatoms. The molecular weight excluding hydrogens is 320 g/mol. The zero-order chi connectivity index (χ0) is 18.2. The molecule has 0 amide bonds. The van der Waals surface area contributed by atoms with Crippen molar-refractivity contribution in [3.8, 4) is 0 Å². The summed E-state index contributed by atoms with van der Waals surface area (Å²) in [6.45, 7) is 0. The van der Waals surface area contributed by atoms with Gasteiger partial charge < -0.3 is 0 Å². The summed E-state index contributed by atoms with van der Waals surface area (Å²) in [5, 5.41) is 0. The summed E-state index contributed by atoms with van der Waals surface area (Å²) in [6.07, 6.45) is 1.48. The molecule has 0 fully saturated rings. The van der Waals surface area contributed by atoms with E-state index in [1.54, 1.807) is 12.1 Å². The van der Waals surface area contributed by atoms with E-state index in [1.807, 2.05) is 78.9 Å². The summed E-state index contributed by atoms with van der Waals surface area (Å²) in [6, 6.07) is 28.8. The third kappa shape index (κ3) is 4.76. The average molecular weight is 342 g/mol. The molecule has 130 valence electrons. The number of benzene rings is 3. The van der Waals surface area contributed by atoms with Gasteiger partial charge in [0.25, 0.3) is 0 Å². The molecular formula is C24H22O2. The van der Waals surface area contributed by atoms with Crippen molar-refractivity contribution in [3.63, 3.8) is 0 Å². The van der Waals surface area contributed by atoms with Crippen molar-refractivity contribution in [1.82, 2.24) is 0 Å². The Balaban J connectivity index is 1.77. The summed E-state index contributed by atoms with van der Waals surface area (Å²) in [7, 11) is 0. The third-order valence-corrected chi connectivity index (χ3v) is 4.55. The molecule has 0 aliphatic carbocycles. The zero-order valence-corrected chi connectivity index (χ0v) is 14.7. The highest BCUT2D eigenvalue weighted by atomic mass is 16.1. The van der Waals surface area contributed by atoms with Crippen LogP contribution in [0.1, 0.15) is 27.9 Å². The fourth-order valence-electron chi connectivity index (χ4n) is 3.09. The molecule has 0 saturated carbocycles. The predicted octanol–water partition coefficient (Wildman–Crippen LogP) is 4.93. The number of Topliss-reactive ketones (excluding diaryl/α,β-unsaturated/α-hetero) is 2. The second-order valence-electron chi connectivity index (χ2n) is 6.42. The molecule has 1 atom stereocenters. The lowest BCUT2D eigenvalue weighted by Crippen LogP contribution is -2.27. The quantitative estimate of drug-likeness (QED) is 0.430. The fourth-order valence-corrected chi connectivity index (χ4v) is 3.09. The van der Waals surface area contributed by atoms with Gasteiger partial charge in [-0.3, -0.25) is 9.59 Å². The van der Waals surface area contributed by atoms with Crippen LogP contribution in [0.2, 0.25) is 0 Å². The van der Waals surface area contributed by atoms with Crippen molar-refractivity contribution in [1.29, 1.82) is 0 Å². The van der Waals surface area contributed by atoms with Gasteiger partial charge in [0.15, 0.2) is 5.78 Å². The van der Waals surface area contributed by atoms with Crippen LogP contribution in [0.5, 0.6) is 0 Å². The maximum absolute atomic E-state index is 13.0. The minimum atomic E-state index is -0.636. The number of rotatable bonds is 8. The average Bonchev–Trinajstić information content (AvgIpc) is 2.72. The van der Waals surface area contributed by atoms with Crippen LogP contribution in [0.3, 0.4) is 0 Å². The number of aryl methyl sites for hydroxylation is 1. The van der Waals surface area contributed by atoms with E-state index in [0.29, 0.717) is 24.8 Å². The Morgan fingerprint density at radius 3 is 1.73 bits per heavy atom. The second kappa shape index (κ2) is 8.91. The molecule has 0 heterocycles. The molecule has 3 aromatic carbocycles. The van der Waals surface area contributed by atoms with Gasteiger partial charge in [-0.2, -0.15) is 0 Å². The first-order valence-electron chi connectivity index (χ1n) is 8.94. The molecule has 0 aliphatic rings. The van der Waals surface area contributed by atoms with Gasteiger partial charge in [0.2, 0.25) is 0 Å². The Morgan fingerprint density at radius 1 is 0.654 bits per heavy atom. The molecule has 3 aromatic rings. The van der Waals surface area contributed by atoms with E-state index in [2.05, 4.69) is 0 Å². The maximum atomic E-state index is 13.0. The van der Waals surface area contributed by atoms with E-state index in [1.165, 1.54) is 0 Å². The second-order valence-corrected chi connectivity index (χ2v) is 6.42. The van der Waals surface area contributed by atoms with Gasteiger partial charge in [-0.25, -0.2) is 0 Å². The molecule has 0 radical (unpaired) electrons. The van der Waals surface area contributed by atoms with E-state index in [-0.39, 0.29) is 11.6 Å². The third-order valence-electron chi connectivity index (χ3n) is 4.55. The summed E-state index contributed by atoms with van der Waals surface area (Å²) in [5.74, 6) is -0.720. The monoisotopic (exact) mass is 342 g/mol. The van der Waals surface area contributed by atoms with Gasteiger partial charge in [-0.15, -0.1) is 0 Å². The lowest BCUT2D eigenvalue weighted by molar-refractivity contribution is -0.121. The van der Waals surface area contributed by atoms with E-state index in [0.717, 1.165) is 11.1 Å². The molecule has 0 aliphatic heterocycles. The van der Waals surface area contributed by atoms with Crippen LogP contribution in [0.25, 0.3) is 0 Å². The predicted molar refractivity (Wildman–Crippen MR) is 104 cm³/mol. The first-order valence-corrected chi connectivity index (χ1v) is 8.94. The molecule has 0 bridgehead atoms. The summed E-state index contributed by atoms with van der Waals surface area (Å²) in [5.41, 5.74) is 2.72. The number of hydrogen-bond donors (Lipinski definition) is 0. The molecule has 0 saturated heterocycles. The van der Waals surface area contributed by atoms with Gasteiger partial charge in [-0.05, 0) is 24.0 Å². The summed E-state index contributed by atoms with van der Waals surface area (Å²) < 4.78 is 0. The van der Waals surface area contributed by atoms with E-state index in [9.17, 15) is 9.59 Å². The Kier molecular flexibility index (Phi) is 6.10. The lowest BCUT2D eigenvalue weighted by Gasteiger charge is -2.15. The Morgan fingerprint density at radius 2 is 1.15 bits per heavy atom. The standard InChI is InChI=1S/C24H22O2/c25-23(17-16-19-10-4-1-5-11-19)22(18-20-12-6-2-7-13-20)24(26)21-14-8-3-9-15-21/h1-15,22H,16-18H2. The van der Waals surface area contributed by atoms with Crippen LogP contribution in [0.4, 0.5) is 0 Å². The molecule has 0 N–H and O–H groups in total. The largest absolute Gasteiger partial charge is 0.299 e. The normalized spacial score (nSPS) is 11.7. The summed E-state index contributed by atoms with van der Waals surface area (Å²) >= 11 is 0. The number of carbonyl (C=O) groups excluding carboxylic acids is 2. The minimum Gasteiger partial charge on any atom is -0.299 e. The van der Waals surface area contributed by atoms with Crippen LogP contribution in [-0.2, 0) is 17.6 Å². The Hall–Kier alpha value is -3.00. The summed E-state index contributed by atoms with van der Waals surface area (Å²) in [4.78, 5) is 25.9. The highest BCUT2D eigenvalue weighted by molar-refractivity contribution is 6.10. The molecule has 2 nitrogen and oxygen atoms in total. The molecule has 0 aromatic heterocycles. The van der Waals surface area contributed by atoms with Gasteiger partial charge in [0, 0.05) is 12.0 Å². The van der Waals surface area contributed by atoms with E-state index >= 15 is 0 Å². The number of hydrogen-bond acceptors (Lipinski definition) is 2. The molecule has 3 rings (SSSR count). The number of carbonyl (C=O) groups is 2. The fraction of sp³-hybridized carbons (Fsp3) is 0.167. The van der Waals surface area contributed by atoms with Crippen molar-refractivity contribution in [2.75, 3.05) is 0 Å². The minimum absolute atomic E-state index is 0.00607. The smallest absolute Gasteiger partial charge is 0.173 e. The van der Waals surface area contributed by atoms with Crippen LogP contribution >= 0.6 is 0 Å². The maximum Gasteiger partial charge on any atom is 0.173 e. The lowest BCUT2D eigenvalue weighted by atomic mass is 9.86. The van der Waals surface area contributed by atoms with Crippen molar-refractivity contribution in [2.45, 2.75) is 19.3 Å². The van der Waals surface area contributed by atoms with Gasteiger partial charge in [0.05, 0.1) is 5.92 Å². The van der Waals surface area contributed by atoms with Crippen molar-refractivity contribution < 1.29 is 9.59 Å². The highest BCUT2D eigenvalue weighted by Gasteiger charge is 2.27. The highest BCUT2D eigenvalue weighted by Crippen LogP contribution is 2.19. The molecule has 1 unspecified atom stereocenters. The first-order chi connectivity index (χ1) is 12.7. The first kappa shape index (κ1) is 17.8. The van der Waals surface area contributed by atoms with Gasteiger partial charge in [-0.1, -0.05) is 91.0 Å². The molecule has 0 spiro atoms. The van der Waals surface area contributed by atoms with E-state index < -0.39 is 5.92 Å². The SMILES string of the molecule is O=C(CCc1ccccc1)C(Cc1ccccc1)C(=O)c1ccccc1. The van der Waals surface area contributed by atoms with Gasteiger partial charge in [0.1, 0.15) is 5.78 Å². The van der Waals surface area contributed by atoms with E-state index in [4.69, 9.17) is 0 Å². The Labute approximate surface area is 154 Å². The van der Waals surface area contributed by atoms with Crippen LogP contribution in [0, 0.1) is 5.92 Å². The molecule has 26 heavy (non-hydrogen) atoms. The van der Waals surface area contributed by atoms with Crippen LogP contribution in [0.15, 0.2) is 91.0 Å². The zero-order valence-electron chi connectivity index (χ0n) is 14.7. The topological polar surface area (TPSA) is 34.1 Å². The van der Waals surface area contributed by atoms with Crippen LogP contribution in [-0.4, -0.2) is 11.6 Å². The van der Waals surface area contributed by atoms with Crippen molar-refractivity contribution in [3.05, 3.63) is 108 Å². The number of ketones is 2.